The van der Waals surface area contributed by atoms with E-state index < -0.39 is 54.1 Å². The molecule has 2 aromatic carbocycles. The molecule has 3 amide bonds. The fourth-order valence-electron chi connectivity index (χ4n) is 6.86. The molecule has 0 radical (unpaired) electrons. The highest BCUT2D eigenvalue weighted by Crippen LogP contribution is 2.39. The van der Waals surface area contributed by atoms with Crippen molar-refractivity contribution in [3.8, 4) is 11.3 Å². The van der Waals surface area contributed by atoms with Gasteiger partial charge in [-0.15, -0.1) is 0 Å². The molecule has 0 bridgehead atoms. The van der Waals surface area contributed by atoms with E-state index in [0.29, 0.717) is 31.9 Å². The first-order valence-corrected chi connectivity index (χ1v) is 15.8. The number of likely N-dealkylation sites (tertiary alicyclic amines) is 2. The lowest BCUT2D eigenvalue weighted by Crippen LogP contribution is -2.50. The molecule has 3 aromatic rings. The summed E-state index contributed by atoms with van der Waals surface area (Å²) >= 11 is 0. The van der Waals surface area contributed by atoms with Gasteiger partial charge in [-0.1, -0.05) is 30.3 Å². The highest BCUT2D eigenvalue weighted by atomic mass is 19.1. The van der Waals surface area contributed by atoms with Gasteiger partial charge in [0.15, 0.2) is 0 Å². The molecule has 0 spiro atoms. The lowest BCUT2D eigenvalue weighted by Gasteiger charge is -2.41. The van der Waals surface area contributed by atoms with Crippen molar-refractivity contribution in [2.75, 3.05) is 45.9 Å². The first kappa shape index (κ1) is 32.8. The maximum Gasteiger partial charge on any atom is 0.407 e. The smallest absolute Gasteiger partial charge is 0.407 e. The number of hydrogen-bond donors (Lipinski definition) is 3. The lowest BCUT2D eigenvalue weighted by molar-refractivity contribution is 0.0205. The van der Waals surface area contributed by atoms with Crippen LogP contribution in [0.4, 0.5) is 22.8 Å². The van der Waals surface area contributed by atoms with Crippen LogP contribution in [-0.2, 0) is 11.3 Å². The summed E-state index contributed by atoms with van der Waals surface area (Å²) in [5.74, 6) is -2.10. The maximum atomic E-state index is 15.5. The van der Waals surface area contributed by atoms with Gasteiger partial charge in [0.2, 0.25) is 0 Å². The van der Waals surface area contributed by atoms with Crippen LogP contribution in [0.1, 0.15) is 30.3 Å². The quantitative estimate of drug-likeness (QED) is 0.336. The molecule has 6 rings (SSSR count). The monoisotopic (exact) mass is 657 g/mol. The number of rotatable bonds is 8. The van der Waals surface area contributed by atoms with Gasteiger partial charge in [0.1, 0.15) is 23.6 Å². The van der Waals surface area contributed by atoms with Gasteiger partial charge in [-0.2, -0.15) is 0 Å². The molecule has 3 aliphatic rings. The van der Waals surface area contributed by atoms with Crippen molar-refractivity contribution in [2.24, 2.45) is 11.8 Å². The standard InChI is InChI=1S/C33H38F3N5O6/c34-23-6-7-25(35)24(12-23)27-17-38(13-20-4-2-1-3-5-20)31(37-27)30(21-8-10-47-11-9-21)41(32(44)39-18-28(42)29(43)19-39)15-22-14-40(33(45)46)16-26(22)36/h1-7,12,17,21-22,26,28-30,42-43H,8-11,13-16,18-19H2,(H,45,46)/t22?,26?,28-,29+,30-/m1/s1. The second kappa shape index (κ2) is 13.9. The molecule has 3 fully saturated rings. The van der Waals surface area contributed by atoms with Crippen LogP contribution in [0.5, 0.6) is 0 Å². The lowest BCUT2D eigenvalue weighted by atomic mass is 9.89. The molecule has 252 valence electrons. The zero-order valence-corrected chi connectivity index (χ0v) is 25.7. The SMILES string of the molecule is O=C(O)N1CC(F)C(CN(C(=O)N2C[C@@H](O)[C@@H](O)C2)[C@@H](c2nc(-c3cc(F)ccc3F)cn2Cc2ccccc2)C2CCOCC2)C1. The van der Waals surface area contributed by atoms with E-state index >= 15 is 8.78 Å². The van der Waals surface area contributed by atoms with Crippen molar-refractivity contribution in [3.05, 3.63) is 77.8 Å². The number of ether oxygens (including phenoxy) is 1. The van der Waals surface area contributed by atoms with Crippen LogP contribution in [-0.4, -0.2) is 116 Å². The Morgan fingerprint density at radius 3 is 2.34 bits per heavy atom. The summed E-state index contributed by atoms with van der Waals surface area (Å²) in [5.41, 5.74) is 0.957. The van der Waals surface area contributed by atoms with Crippen molar-refractivity contribution >= 4 is 12.1 Å². The zero-order chi connectivity index (χ0) is 33.2. The number of aliphatic hydroxyl groups is 2. The van der Waals surface area contributed by atoms with Crippen LogP contribution >= 0.6 is 0 Å². The van der Waals surface area contributed by atoms with Gasteiger partial charge in [-0.3, -0.25) is 0 Å². The zero-order valence-electron chi connectivity index (χ0n) is 25.7. The van der Waals surface area contributed by atoms with E-state index in [1.807, 2.05) is 30.3 Å². The fraction of sp³-hybridized carbons (Fsp3) is 0.485. The summed E-state index contributed by atoms with van der Waals surface area (Å²) in [7, 11) is 0. The number of carbonyl (C=O) groups is 2. The second-order valence-electron chi connectivity index (χ2n) is 12.6. The molecule has 4 heterocycles. The van der Waals surface area contributed by atoms with E-state index in [-0.39, 0.29) is 56.4 Å². The van der Waals surface area contributed by atoms with Crippen LogP contribution in [0.2, 0.25) is 0 Å². The Bertz CT molecular complexity index is 1560. The maximum absolute atomic E-state index is 15.5. The third-order valence-corrected chi connectivity index (χ3v) is 9.36. The van der Waals surface area contributed by atoms with Crippen molar-refractivity contribution in [1.82, 2.24) is 24.3 Å². The third kappa shape index (κ3) is 7.09. The Morgan fingerprint density at radius 2 is 1.68 bits per heavy atom. The minimum Gasteiger partial charge on any atom is -0.465 e. The Kier molecular flexibility index (Phi) is 9.71. The number of β-amino-alcohol motifs (C(OH)–C–C–N with tert-alkyl or cyclic N) is 2. The Balaban J connectivity index is 1.48. The van der Waals surface area contributed by atoms with Crippen LogP contribution in [0.3, 0.4) is 0 Å². The average molecular weight is 658 g/mol. The largest absolute Gasteiger partial charge is 0.465 e. The number of aromatic nitrogens is 2. The average Bonchev–Trinajstić information content (AvgIpc) is 3.75. The molecule has 11 nitrogen and oxygen atoms in total. The number of alkyl halides is 1. The predicted molar refractivity (Wildman–Crippen MR) is 163 cm³/mol. The Labute approximate surface area is 269 Å². The summed E-state index contributed by atoms with van der Waals surface area (Å²) in [6.45, 7) is 0.0801. The van der Waals surface area contributed by atoms with Gasteiger partial charge >= 0.3 is 12.1 Å². The number of urea groups is 1. The Hall–Kier alpha value is -4.14. The number of amides is 3. The highest BCUT2D eigenvalue weighted by molar-refractivity contribution is 5.76. The molecular weight excluding hydrogens is 619 g/mol. The number of imidazole rings is 1. The van der Waals surface area contributed by atoms with Gasteiger partial charge in [0.05, 0.1) is 43.6 Å². The van der Waals surface area contributed by atoms with Crippen molar-refractivity contribution in [3.63, 3.8) is 0 Å². The predicted octanol–water partition coefficient (Wildman–Crippen LogP) is 3.75. The molecule has 0 saturated carbocycles. The summed E-state index contributed by atoms with van der Waals surface area (Å²) in [4.78, 5) is 34.8. The number of aliphatic hydroxyl groups excluding tert-OH is 2. The van der Waals surface area contributed by atoms with Crippen LogP contribution in [0.15, 0.2) is 54.7 Å². The minimum absolute atomic E-state index is 0.0656. The first-order valence-electron chi connectivity index (χ1n) is 15.8. The summed E-state index contributed by atoms with van der Waals surface area (Å²) in [5, 5.41) is 30.2. The van der Waals surface area contributed by atoms with Crippen molar-refractivity contribution in [1.29, 1.82) is 0 Å². The topological polar surface area (TPSA) is 132 Å². The van der Waals surface area contributed by atoms with E-state index in [4.69, 9.17) is 9.72 Å². The van der Waals surface area contributed by atoms with Crippen LogP contribution in [0, 0.1) is 23.5 Å². The number of halogens is 3. The van der Waals surface area contributed by atoms with Gasteiger partial charge in [-0.05, 0) is 42.5 Å². The Morgan fingerprint density at radius 1 is 0.979 bits per heavy atom. The number of nitrogens with zero attached hydrogens (tertiary/aromatic N) is 5. The molecule has 3 saturated heterocycles. The molecule has 14 heteroatoms. The minimum atomic E-state index is -1.55. The number of carboxylic acid groups (broad SMARTS) is 1. The van der Waals surface area contributed by atoms with Crippen molar-refractivity contribution in [2.45, 2.75) is 43.8 Å². The summed E-state index contributed by atoms with van der Waals surface area (Å²) in [6.07, 6.45) is -2.54. The molecule has 0 aliphatic carbocycles. The summed E-state index contributed by atoms with van der Waals surface area (Å²) in [6, 6.07) is 11.1. The number of carbonyl (C=O) groups excluding carboxylic acids is 1. The van der Waals surface area contributed by atoms with Gasteiger partial charge < -0.3 is 39.3 Å². The van der Waals surface area contributed by atoms with E-state index in [0.717, 1.165) is 28.7 Å². The van der Waals surface area contributed by atoms with E-state index in [1.165, 1.54) is 9.80 Å². The number of benzene rings is 2. The van der Waals surface area contributed by atoms with Crippen LogP contribution < -0.4 is 0 Å². The number of hydrogen-bond acceptors (Lipinski definition) is 6. The fourth-order valence-corrected chi connectivity index (χ4v) is 6.86. The van der Waals surface area contributed by atoms with Gasteiger partial charge in [0.25, 0.3) is 0 Å². The summed E-state index contributed by atoms with van der Waals surface area (Å²) < 4.78 is 52.4. The second-order valence-corrected chi connectivity index (χ2v) is 12.6. The van der Waals surface area contributed by atoms with Gasteiger partial charge in [0, 0.05) is 50.5 Å². The van der Waals surface area contributed by atoms with E-state index in [9.17, 15) is 29.3 Å². The first-order chi connectivity index (χ1) is 22.6. The molecule has 1 aromatic heterocycles. The van der Waals surface area contributed by atoms with Crippen molar-refractivity contribution < 1.29 is 42.8 Å². The molecule has 5 atom stereocenters. The highest BCUT2D eigenvalue weighted by Gasteiger charge is 2.45. The molecular formula is C33H38F3N5O6. The van der Waals surface area contributed by atoms with Crippen LogP contribution in [0.25, 0.3) is 11.3 Å². The molecule has 3 aliphatic heterocycles. The van der Waals surface area contributed by atoms with E-state index in [1.54, 1.807) is 10.8 Å². The normalized spacial score (nSPS) is 24.1. The molecule has 3 N–H and O–H groups in total. The molecule has 47 heavy (non-hydrogen) atoms. The third-order valence-electron chi connectivity index (χ3n) is 9.36. The van der Waals surface area contributed by atoms with Gasteiger partial charge in [-0.25, -0.2) is 27.7 Å². The van der Waals surface area contributed by atoms with E-state index in [2.05, 4.69) is 0 Å². The molecule has 2 unspecified atom stereocenters.